The Balaban J connectivity index is 1.70. The summed E-state index contributed by atoms with van der Waals surface area (Å²) >= 11 is 0. The van der Waals surface area contributed by atoms with Crippen LogP contribution in [0.15, 0.2) is 18.2 Å². The summed E-state index contributed by atoms with van der Waals surface area (Å²) in [4.78, 5) is 50.7. The zero-order chi connectivity index (χ0) is 19.7. The average molecular weight is 379 g/mol. The van der Waals surface area contributed by atoms with Crippen molar-refractivity contribution in [1.29, 1.82) is 0 Å². The van der Waals surface area contributed by atoms with E-state index in [1.165, 1.54) is 0 Å². The van der Waals surface area contributed by atoms with Gasteiger partial charge in [-0.15, -0.1) is 0 Å². The molecule has 2 fully saturated rings. The fourth-order valence-corrected chi connectivity index (χ4v) is 3.55. The van der Waals surface area contributed by atoms with Gasteiger partial charge < -0.3 is 5.32 Å². The lowest BCUT2D eigenvalue weighted by Crippen LogP contribution is -2.46. The van der Waals surface area contributed by atoms with Gasteiger partial charge in [-0.1, -0.05) is 19.8 Å². The molecule has 0 radical (unpaired) electrons. The van der Waals surface area contributed by atoms with Crippen LogP contribution in [-0.2, 0) is 14.4 Å². The van der Waals surface area contributed by atoms with E-state index >= 15 is 0 Å². The Morgan fingerprint density at radius 1 is 1.11 bits per heavy atom. The minimum atomic E-state index is -1.14. The SMILES string of the molecule is C[C@H]1CCCC[C@@H]1N1C(=O)C(=O)N(CC(=O)Nc2ccc(F)c(F)c2)C1=O. The number of benzene rings is 1. The van der Waals surface area contributed by atoms with E-state index in [1.54, 1.807) is 0 Å². The second kappa shape index (κ2) is 7.42. The molecule has 27 heavy (non-hydrogen) atoms. The molecule has 1 aliphatic heterocycles. The second-order valence-corrected chi connectivity index (χ2v) is 6.86. The van der Waals surface area contributed by atoms with E-state index in [2.05, 4.69) is 5.32 Å². The number of anilines is 1. The number of carbonyl (C=O) groups excluding carboxylic acids is 4. The number of hydrogen-bond donors (Lipinski definition) is 1. The third-order valence-corrected chi connectivity index (χ3v) is 4.99. The van der Waals surface area contributed by atoms with E-state index in [0.717, 1.165) is 42.4 Å². The highest BCUT2D eigenvalue weighted by atomic mass is 19.2. The number of carbonyl (C=O) groups is 4. The number of nitrogens with one attached hydrogen (secondary N) is 1. The minimum absolute atomic E-state index is 0.0259. The lowest BCUT2D eigenvalue weighted by atomic mass is 9.85. The molecule has 1 N–H and O–H groups in total. The van der Waals surface area contributed by atoms with E-state index < -0.39 is 41.9 Å². The first-order chi connectivity index (χ1) is 12.8. The summed E-state index contributed by atoms with van der Waals surface area (Å²) < 4.78 is 26.1. The maximum absolute atomic E-state index is 13.2. The minimum Gasteiger partial charge on any atom is -0.324 e. The van der Waals surface area contributed by atoms with Gasteiger partial charge in [0.1, 0.15) is 6.54 Å². The number of rotatable bonds is 4. The van der Waals surface area contributed by atoms with Crippen LogP contribution in [0.25, 0.3) is 0 Å². The van der Waals surface area contributed by atoms with Gasteiger partial charge in [-0.05, 0) is 30.9 Å². The van der Waals surface area contributed by atoms with Crippen molar-refractivity contribution in [2.45, 2.75) is 38.6 Å². The summed E-state index contributed by atoms with van der Waals surface area (Å²) in [5, 5.41) is 2.27. The monoisotopic (exact) mass is 379 g/mol. The summed E-state index contributed by atoms with van der Waals surface area (Å²) in [6, 6.07) is 1.59. The third kappa shape index (κ3) is 3.67. The van der Waals surface area contributed by atoms with Crippen LogP contribution in [0.4, 0.5) is 19.3 Å². The molecule has 5 amide bonds. The van der Waals surface area contributed by atoms with Crippen LogP contribution in [0.2, 0.25) is 0 Å². The van der Waals surface area contributed by atoms with Crippen molar-refractivity contribution in [1.82, 2.24) is 9.80 Å². The number of imide groups is 2. The lowest BCUT2D eigenvalue weighted by Gasteiger charge is -2.34. The quantitative estimate of drug-likeness (QED) is 0.642. The van der Waals surface area contributed by atoms with E-state index in [4.69, 9.17) is 0 Å². The Hall–Kier alpha value is -2.84. The highest BCUT2D eigenvalue weighted by molar-refractivity contribution is 6.45. The molecule has 1 saturated heterocycles. The van der Waals surface area contributed by atoms with Crippen LogP contribution >= 0.6 is 0 Å². The van der Waals surface area contributed by atoms with Gasteiger partial charge in [0.15, 0.2) is 11.6 Å². The van der Waals surface area contributed by atoms with Gasteiger partial charge >= 0.3 is 17.8 Å². The lowest BCUT2D eigenvalue weighted by molar-refractivity contribution is -0.145. The van der Waals surface area contributed by atoms with Crippen LogP contribution in [0, 0.1) is 17.6 Å². The summed E-state index contributed by atoms with van der Waals surface area (Å²) in [6.45, 7) is 1.24. The van der Waals surface area contributed by atoms with Crippen LogP contribution in [-0.4, -0.2) is 46.1 Å². The smallest absolute Gasteiger partial charge is 0.324 e. The number of halogens is 2. The zero-order valence-corrected chi connectivity index (χ0v) is 14.7. The van der Waals surface area contributed by atoms with Gasteiger partial charge in [0.05, 0.1) is 0 Å². The number of amides is 5. The predicted octanol–water partition coefficient (Wildman–Crippen LogP) is 2.27. The molecule has 1 aliphatic carbocycles. The fraction of sp³-hybridized carbons (Fsp3) is 0.444. The Kier molecular flexibility index (Phi) is 5.20. The van der Waals surface area contributed by atoms with Crippen LogP contribution < -0.4 is 5.32 Å². The standard InChI is InChI=1S/C18H19F2N3O4/c1-10-4-2-3-5-14(10)23-17(26)16(25)22(18(23)27)9-15(24)21-11-6-7-12(19)13(20)8-11/h6-8,10,14H,2-5,9H2,1H3,(H,21,24)/t10-,14-/m0/s1. The van der Waals surface area contributed by atoms with Crippen molar-refractivity contribution in [3.8, 4) is 0 Å². The Bertz CT molecular complexity index is 814. The predicted molar refractivity (Wildman–Crippen MR) is 90.4 cm³/mol. The van der Waals surface area contributed by atoms with Crippen molar-refractivity contribution in [2.75, 3.05) is 11.9 Å². The molecule has 3 rings (SSSR count). The van der Waals surface area contributed by atoms with Gasteiger partial charge in [0, 0.05) is 17.8 Å². The van der Waals surface area contributed by atoms with Crippen molar-refractivity contribution in [3.05, 3.63) is 29.8 Å². The van der Waals surface area contributed by atoms with Gasteiger partial charge in [-0.25, -0.2) is 18.5 Å². The maximum atomic E-state index is 13.2. The Labute approximate surface area is 154 Å². The Morgan fingerprint density at radius 2 is 1.81 bits per heavy atom. The first kappa shape index (κ1) is 18.9. The van der Waals surface area contributed by atoms with E-state index in [-0.39, 0.29) is 17.6 Å². The molecule has 7 nitrogen and oxygen atoms in total. The molecule has 0 bridgehead atoms. The van der Waals surface area contributed by atoms with Crippen molar-refractivity contribution in [2.24, 2.45) is 5.92 Å². The van der Waals surface area contributed by atoms with E-state index in [1.807, 2.05) is 6.92 Å². The van der Waals surface area contributed by atoms with Gasteiger partial charge in [0.2, 0.25) is 5.91 Å². The molecule has 144 valence electrons. The van der Waals surface area contributed by atoms with Crippen molar-refractivity contribution >= 4 is 29.4 Å². The normalized spacial score (nSPS) is 23.1. The molecular weight excluding hydrogens is 360 g/mol. The molecule has 2 atom stereocenters. The molecule has 0 spiro atoms. The van der Waals surface area contributed by atoms with Gasteiger partial charge in [-0.3, -0.25) is 19.3 Å². The molecule has 1 aromatic carbocycles. The van der Waals surface area contributed by atoms with Gasteiger partial charge in [0.25, 0.3) is 0 Å². The first-order valence-electron chi connectivity index (χ1n) is 8.73. The summed E-state index contributed by atoms with van der Waals surface area (Å²) in [5.41, 5.74) is -0.0259. The highest BCUT2D eigenvalue weighted by Gasteiger charge is 2.49. The third-order valence-electron chi connectivity index (χ3n) is 4.99. The summed E-state index contributed by atoms with van der Waals surface area (Å²) in [5.74, 6) is -4.92. The number of urea groups is 1. The average Bonchev–Trinajstić information content (AvgIpc) is 2.82. The summed E-state index contributed by atoms with van der Waals surface area (Å²) in [7, 11) is 0. The van der Waals surface area contributed by atoms with Crippen molar-refractivity contribution < 1.29 is 28.0 Å². The maximum Gasteiger partial charge on any atom is 0.334 e. The molecule has 1 heterocycles. The Morgan fingerprint density at radius 3 is 2.48 bits per heavy atom. The molecule has 2 aliphatic rings. The first-order valence-corrected chi connectivity index (χ1v) is 8.73. The van der Waals surface area contributed by atoms with Crippen molar-refractivity contribution in [3.63, 3.8) is 0 Å². The van der Waals surface area contributed by atoms with Gasteiger partial charge in [-0.2, -0.15) is 0 Å². The highest BCUT2D eigenvalue weighted by Crippen LogP contribution is 2.31. The largest absolute Gasteiger partial charge is 0.334 e. The zero-order valence-electron chi connectivity index (χ0n) is 14.7. The summed E-state index contributed by atoms with van der Waals surface area (Å²) in [6.07, 6.45) is 3.34. The second-order valence-electron chi connectivity index (χ2n) is 6.86. The van der Waals surface area contributed by atoms with Crippen LogP contribution in [0.1, 0.15) is 32.6 Å². The molecule has 9 heteroatoms. The fourth-order valence-electron chi connectivity index (χ4n) is 3.55. The molecule has 0 aromatic heterocycles. The topological polar surface area (TPSA) is 86.8 Å². The van der Waals surface area contributed by atoms with E-state index in [0.29, 0.717) is 11.3 Å². The van der Waals surface area contributed by atoms with E-state index in [9.17, 15) is 28.0 Å². The van der Waals surface area contributed by atoms with Crippen LogP contribution in [0.3, 0.4) is 0 Å². The molecule has 0 unspecified atom stereocenters. The number of nitrogens with zero attached hydrogens (tertiary/aromatic N) is 2. The molecule has 1 saturated carbocycles. The van der Waals surface area contributed by atoms with Crippen LogP contribution in [0.5, 0.6) is 0 Å². The molecular formula is C18H19F2N3O4. The molecule has 1 aromatic rings. The number of hydrogen-bond acceptors (Lipinski definition) is 4.